The first-order valence-corrected chi connectivity index (χ1v) is 10.2. The standard InChI is InChI=1S/C25H28S/c1-6-17-26-25-16-13-23(18-22(25)5)12-8-19(2)7-11-21(4)24-14-9-20(3)10-15-24/h7,9-11,13-16,18H,6,17H2,1-5H3/b19-7+,21-11+. The number of aryl methyl sites for hydroxylation is 2. The van der Waals surface area contributed by atoms with E-state index in [1.807, 2.05) is 11.8 Å². The van der Waals surface area contributed by atoms with Crippen LogP contribution in [0.25, 0.3) is 5.57 Å². The van der Waals surface area contributed by atoms with E-state index < -0.39 is 0 Å². The highest BCUT2D eigenvalue weighted by molar-refractivity contribution is 7.99. The second-order valence-corrected chi connectivity index (χ2v) is 7.78. The number of hydrogen-bond donors (Lipinski definition) is 0. The van der Waals surface area contributed by atoms with Crippen LogP contribution in [0.1, 0.15) is 49.4 Å². The minimum Gasteiger partial charge on any atom is -0.126 e. The zero-order valence-electron chi connectivity index (χ0n) is 16.5. The van der Waals surface area contributed by atoms with E-state index in [4.69, 9.17) is 0 Å². The van der Waals surface area contributed by atoms with E-state index in [0.717, 1.165) is 11.1 Å². The molecule has 2 rings (SSSR count). The SMILES string of the molecule is CCCSc1ccc(C#C/C(C)=C/C=C(\C)c2ccc(C)cc2)cc1C. The van der Waals surface area contributed by atoms with Gasteiger partial charge < -0.3 is 0 Å². The molecule has 0 aliphatic heterocycles. The lowest BCUT2D eigenvalue weighted by Crippen LogP contribution is -1.84. The summed E-state index contributed by atoms with van der Waals surface area (Å²) in [5.41, 5.74) is 7.25. The van der Waals surface area contributed by atoms with Crippen molar-refractivity contribution in [2.75, 3.05) is 5.75 Å². The van der Waals surface area contributed by atoms with Gasteiger partial charge in [-0.15, -0.1) is 11.8 Å². The molecule has 0 saturated heterocycles. The highest BCUT2D eigenvalue weighted by Gasteiger charge is 1.99. The van der Waals surface area contributed by atoms with Crippen LogP contribution in [0.3, 0.4) is 0 Å². The second-order valence-electron chi connectivity index (χ2n) is 6.64. The lowest BCUT2D eigenvalue weighted by molar-refractivity contribution is 1.10. The molecule has 0 amide bonds. The van der Waals surface area contributed by atoms with Gasteiger partial charge in [0.15, 0.2) is 0 Å². The van der Waals surface area contributed by atoms with Gasteiger partial charge in [0.1, 0.15) is 0 Å². The molecule has 0 heterocycles. The number of hydrogen-bond acceptors (Lipinski definition) is 1. The predicted molar refractivity (Wildman–Crippen MR) is 118 cm³/mol. The monoisotopic (exact) mass is 360 g/mol. The van der Waals surface area contributed by atoms with Gasteiger partial charge in [0.25, 0.3) is 0 Å². The summed E-state index contributed by atoms with van der Waals surface area (Å²) in [4.78, 5) is 1.36. The van der Waals surface area contributed by atoms with E-state index in [1.54, 1.807) is 0 Å². The third-order valence-electron chi connectivity index (χ3n) is 4.13. The Morgan fingerprint density at radius 2 is 1.73 bits per heavy atom. The molecule has 0 unspecified atom stereocenters. The van der Waals surface area contributed by atoms with Gasteiger partial charge >= 0.3 is 0 Å². The lowest BCUT2D eigenvalue weighted by Gasteiger charge is -2.04. The minimum atomic E-state index is 1.07. The Morgan fingerprint density at radius 1 is 1.00 bits per heavy atom. The summed E-state index contributed by atoms with van der Waals surface area (Å²) < 4.78 is 0. The van der Waals surface area contributed by atoms with Gasteiger partial charge in [-0.2, -0.15) is 0 Å². The van der Waals surface area contributed by atoms with Crippen molar-refractivity contribution in [3.63, 3.8) is 0 Å². The topological polar surface area (TPSA) is 0 Å². The van der Waals surface area contributed by atoms with Crippen molar-refractivity contribution < 1.29 is 0 Å². The molecule has 0 aliphatic rings. The maximum atomic E-state index is 3.28. The molecule has 1 heteroatoms. The van der Waals surface area contributed by atoms with Crippen molar-refractivity contribution in [1.82, 2.24) is 0 Å². The summed E-state index contributed by atoms with van der Waals surface area (Å²) in [5, 5.41) is 0. The smallest absolute Gasteiger partial charge is 0.0252 e. The van der Waals surface area contributed by atoms with Crippen LogP contribution in [0.4, 0.5) is 0 Å². The maximum Gasteiger partial charge on any atom is 0.0252 e. The zero-order chi connectivity index (χ0) is 18.9. The van der Waals surface area contributed by atoms with E-state index in [-0.39, 0.29) is 0 Å². The molecule has 0 aliphatic carbocycles. The van der Waals surface area contributed by atoms with Crippen molar-refractivity contribution in [3.8, 4) is 11.8 Å². The first kappa shape index (κ1) is 20.1. The summed E-state index contributed by atoms with van der Waals surface area (Å²) in [5.74, 6) is 7.71. The van der Waals surface area contributed by atoms with Crippen molar-refractivity contribution in [2.24, 2.45) is 0 Å². The van der Waals surface area contributed by atoms with Gasteiger partial charge in [-0.05, 0) is 80.3 Å². The van der Waals surface area contributed by atoms with Gasteiger partial charge in [-0.3, -0.25) is 0 Å². The number of allylic oxidation sites excluding steroid dienone is 4. The van der Waals surface area contributed by atoms with E-state index in [9.17, 15) is 0 Å². The summed E-state index contributed by atoms with van der Waals surface area (Å²) in [6.07, 6.45) is 5.44. The van der Waals surface area contributed by atoms with Gasteiger partial charge in [-0.1, -0.05) is 60.7 Å². The molecule has 0 fully saturated rings. The first-order chi connectivity index (χ1) is 12.5. The maximum absolute atomic E-state index is 3.28. The largest absolute Gasteiger partial charge is 0.126 e. The van der Waals surface area contributed by atoms with E-state index in [2.05, 4.69) is 101 Å². The van der Waals surface area contributed by atoms with Crippen molar-refractivity contribution >= 4 is 17.3 Å². The highest BCUT2D eigenvalue weighted by atomic mass is 32.2. The number of benzene rings is 2. The lowest BCUT2D eigenvalue weighted by atomic mass is 10.0. The first-order valence-electron chi connectivity index (χ1n) is 9.17. The quantitative estimate of drug-likeness (QED) is 0.308. The third-order valence-corrected chi connectivity index (χ3v) is 5.51. The van der Waals surface area contributed by atoms with Crippen LogP contribution in [0.2, 0.25) is 0 Å². The fourth-order valence-corrected chi connectivity index (χ4v) is 3.35. The summed E-state index contributed by atoms with van der Waals surface area (Å²) in [7, 11) is 0. The van der Waals surface area contributed by atoms with E-state index in [0.29, 0.717) is 0 Å². The van der Waals surface area contributed by atoms with E-state index in [1.165, 1.54) is 39.3 Å². The van der Waals surface area contributed by atoms with Crippen molar-refractivity contribution in [1.29, 1.82) is 0 Å². The Balaban J connectivity index is 2.08. The van der Waals surface area contributed by atoms with E-state index >= 15 is 0 Å². The fourth-order valence-electron chi connectivity index (χ4n) is 2.48. The Labute approximate surface area is 163 Å². The molecule has 2 aromatic rings. The molecule has 134 valence electrons. The predicted octanol–water partition coefficient (Wildman–Crippen LogP) is 7.21. The molecule has 0 aromatic heterocycles. The average Bonchev–Trinajstić information content (AvgIpc) is 2.64. The third kappa shape index (κ3) is 6.28. The molecule has 0 nitrogen and oxygen atoms in total. The van der Waals surface area contributed by atoms with Gasteiger partial charge in [0, 0.05) is 10.5 Å². The van der Waals surface area contributed by atoms with Crippen LogP contribution >= 0.6 is 11.8 Å². The molecule has 26 heavy (non-hydrogen) atoms. The van der Waals surface area contributed by atoms with Gasteiger partial charge in [0.05, 0.1) is 0 Å². The molecule has 0 N–H and O–H groups in total. The fraction of sp³-hybridized carbons (Fsp3) is 0.280. The molecule has 0 spiro atoms. The average molecular weight is 361 g/mol. The molecular weight excluding hydrogens is 332 g/mol. The van der Waals surface area contributed by atoms with Crippen LogP contribution < -0.4 is 0 Å². The Morgan fingerprint density at radius 3 is 2.38 bits per heavy atom. The normalized spacial score (nSPS) is 11.9. The molecule has 0 bridgehead atoms. The summed E-state index contributed by atoms with van der Waals surface area (Å²) >= 11 is 1.92. The highest BCUT2D eigenvalue weighted by Crippen LogP contribution is 2.23. The molecule has 0 radical (unpaired) electrons. The second kappa shape index (κ2) is 10.1. The van der Waals surface area contributed by atoms with Crippen LogP contribution in [0.5, 0.6) is 0 Å². The van der Waals surface area contributed by atoms with Crippen LogP contribution in [0.15, 0.2) is 65.1 Å². The van der Waals surface area contributed by atoms with Crippen molar-refractivity contribution in [2.45, 2.75) is 45.9 Å². The van der Waals surface area contributed by atoms with Crippen molar-refractivity contribution in [3.05, 3.63) is 82.4 Å². The number of rotatable bonds is 5. The number of thioether (sulfide) groups is 1. The Hall–Kier alpha value is -2.17. The van der Waals surface area contributed by atoms with Gasteiger partial charge in [0.2, 0.25) is 0 Å². The summed E-state index contributed by atoms with van der Waals surface area (Å²) in [6.45, 7) is 10.7. The van der Waals surface area contributed by atoms with Crippen LogP contribution in [-0.2, 0) is 0 Å². The van der Waals surface area contributed by atoms with Crippen LogP contribution in [-0.4, -0.2) is 5.75 Å². The Bertz CT molecular complexity index is 855. The zero-order valence-corrected chi connectivity index (χ0v) is 17.3. The van der Waals surface area contributed by atoms with Gasteiger partial charge in [-0.25, -0.2) is 0 Å². The molecule has 2 aromatic carbocycles. The van der Waals surface area contributed by atoms with Crippen LogP contribution in [0, 0.1) is 25.7 Å². The Kier molecular flexibility index (Phi) is 7.82. The minimum absolute atomic E-state index is 1.07. The molecule has 0 atom stereocenters. The molecule has 0 saturated carbocycles. The molecular formula is C25H28S. The summed E-state index contributed by atoms with van der Waals surface area (Å²) in [6, 6.07) is 15.1.